The number of ether oxygens (including phenoxy) is 1. The first kappa shape index (κ1) is 14.2. The van der Waals surface area contributed by atoms with Crippen molar-refractivity contribution in [2.75, 3.05) is 39.6 Å². The smallest absolute Gasteiger partial charge is 0.312 e. The van der Waals surface area contributed by atoms with Gasteiger partial charge in [-0.15, -0.1) is 0 Å². The Balaban J connectivity index is 2.62. The van der Waals surface area contributed by atoms with Gasteiger partial charge >= 0.3 is 5.69 Å². The predicted molar refractivity (Wildman–Crippen MR) is 71.3 cm³/mol. The molecule has 0 saturated heterocycles. The van der Waals surface area contributed by atoms with E-state index in [-0.39, 0.29) is 11.4 Å². The van der Waals surface area contributed by atoms with Crippen molar-refractivity contribution in [2.24, 2.45) is 0 Å². The van der Waals surface area contributed by atoms with Crippen molar-refractivity contribution < 1.29 is 9.66 Å². The Morgan fingerprint density at radius 2 is 2.17 bits per heavy atom. The van der Waals surface area contributed by atoms with E-state index in [1.807, 2.05) is 14.1 Å². The van der Waals surface area contributed by atoms with Crippen LogP contribution in [0.5, 0.6) is 5.75 Å². The molecule has 0 aliphatic rings. The molecule has 6 heteroatoms. The molecule has 100 valence electrons. The number of nitro groups is 1. The number of benzene rings is 1. The van der Waals surface area contributed by atoms with E-state index in [9.17, 15) is 10.1 Å². The molecular weight excluding hydrogens is 234 g/mol. The van der Waals surface area contributed by atoms with Crippen LogP contribution in [0.25, 0.3) is 0 Å². The van der Waals surface area contributed by atoms with Gasteiger partial charge in [0, 0.05) is 18.3 Å². The standard InChI is InChI=1S/C12H19N3O3/c1-14(2)8-4-7-13-10-5-6-12(18-3)11(9-10)15(16)17/h5-6,9,13H,4,7-8H2,1-3H3. The quantitative estimate of drug-likeness (QED) is 0.457. The van der Waals surface area contributed by atoms with Gasteiger partial charge in [0.15, 0.2) is 5.75 Å². The maximum Gasteiger partial charge on any atom is 0.312 e. The van der Waals surface area contributed by atoms with Crippen LogP contribution < -0.4 is 10.1 Å². The van der Waals surface area contributed by atoms with Gasteiger partial charge in [0.2, 0.25) is 0 Å². The first-order chi connectivity index (χ1) is 8.54. The summed E-state index contributed by atoms with van der Waals surface area (Å²) < 4.78 is 4.94. The third-order valence-corrected chi connectivity index (χ3v) is 2.49. The van der Waals surface area contributed by atoms with Gasteiger partial charge in [0.05, 0.1) is 12.0 Å². The van der Waals surface area contributed by atoms with Gasteiger partial charge in [0.1, 0.15) is 0 Å². The summed E-state index contributed by atoms with van der Waals surface area (Å²) in [5.41, 5.74) is 0.719. The zero-order valence-corrected chi connectivity index (χ0v) is 11.0. The van der Waals surface area contributed by atoms with Crippen LogP contribution in [0.15, 0.2) is 18.2 Å². The number of rotatable bonds is 7. The molecule has 0 amide bonds. The van der Waals surface area contributed by atoms with Crippen LogP contribution in [-0.4, -0.2) is 44.1 Å². The van der Waals surface area contributed by atoms with Crippen LogP contribution in [0.3, 0.4) is 0 Å². The minimum absolute atomic E-state index is 0.0184. The van der Waals surface area contributed by atoms with Crippen molar-refractivity contribution in [2.45, 2.75) is 6.42 Å². The minimum Gasteiger partial charge on any atom is -0.490 e. The molecule has 0 atom stereocenters. The molecule has 0 aliphatic carbocycles. The lowest BCUT2D eigenvalue weighted by molar-refractivity contribution is -0.385. The molecule has 0 fully saturated rings. The average molecular weight is 253 g/mol. The second kappa shape index (κ2) is 6.80. The van der Waals surface area contributed by atoms with Gasteiger partial charge in [0.25, 0.3) is 0 Å². The van der Waals surface area contributed by atoms with Crippen molar-refractivity contribution in [3.05, 3.63) is 28.3 Å². The number of anilines is 1. The molecule has 0 bridgehead atoms. The fourth-order valence-corrected chi connectivity index (χ4v) is 1.57. The van der Waals surface area contributed by atoms with Crippen molar-refractivity contribution in [1.82, 2.24) is 4.90 Å². The van der Waals surface area contributed by atoms with Crippen LogP contribution in [-0.2, 0) is 0 Å². The number of nitro benzene ring substituents is 1. The summed E-state index contributed by atoms with van der Waals surface area (Å²) in [6, 6.07) is 4.88. The molecule has 0 radical (unpaired) electrons. The number of hydrogen-bond donors (Lipinski definition) is 1. The first-order valence-electron chi connectivity index (χ1n) is 5.75. The summed E-state index contributed by atoms with van der Waals surface area (Å²) in [5.74, 6) is 0.277. The third kappa shape index (κ3) is 4.21. The SMILES string of the molecule is COc1ccc(NCCCN(C)C)cc1[N+](=O)[O-]. The molecule has 6 nitrogen and oxygen atoms in total. The Morgan fingerprint density at radius 3 is 2.72 bits per heavy atom. The highest BCUT2D eigenvalue weighted by molar-refractivity contribution is 5.58. The largest absolute Gasteiger partial charge is 0.490 e. The molecule has 0 unspecified atom stereocenters. The molecule has 1 aromatic rings. The van der Waals surface area contributed by atoms with E-state index < -0.39 is 4.92 Å². The van der Waals surface area contributed by atoms with E-state index in [1.54, 1.807) is 12.1 Å². The van der Waals surface area contributed by atoms with Crippen molar-refractivity contribution in [1.29, 1.82) is 0 Å². The molecule has 1 N–H and O–H groups in total. The maximum atomic E-state index is 10.8. The zero-order chi connectivity index (χ0) is 13.5. The monoisotopic (exact) mass is 253 g/mol. The van der Waals surface area contributed by atoms with Crippen LogP contribution >= 0.6 is 0 Å². The molecular formula is C12H19N3O3. The third-order valence-electron chi connectivity index (χ3n) is 2.49. The second-order valence-electron chi connectivity index (χ2n) is 4.23. The summed E-state index contributed by atoms with van der Waals surface area (Å²) in [6.07, 6.45) is 0.979. The lowest BCUT2D eigenvalue weighted by Gasteiger charge is -2.11. The Kier molecular flexibility index (Phi) is 5.38. The van der Waals surface area contributed by atoms with Gasteiger partial charge in [-0.25, -0.2) is 0 Å². The Labute approximate surface area is 107 Å². The van der Waals surface area contributed by atoms with Crippen LogP contribution in [0.2, 0.25) is 0 Å². The molecule has 18 heavy (non-hydrogen) atoms. The summed E-state index contributed by atoms with van der Waals surface area (Å²) >= 11 is 0. The highest BCUT2D eigenvalue weighted by Gasteiger charge is 2.14. The maximum absolute atomic E-state index is 10.8. The van der Waals surface area contributed by atoms with Gasteiger partial charge in [-0.05, 0) is 39.2 Å². The summed E-state index contributed by atoms with van der Waals surface area (Å²) in [6.45, 7) is 1.76. The van der Waals surface area contributed by atoms with E-state index in [0.29, 0.717) is 0 Å². The predicted octanol–water partition coefficient (Wildman–Crippen LogP) is 1.97. The van der Waals surface area contributed by atoms with Crippen molar-refractivity contribution in [3.63, 3.8) is 0 Å². The normalized spacial score (nSPS) is 10.4. The van der Waals surface area contributed by atoms with E-state index in [1.165, 1.54) is 13.2 Å². The number of nitrogens with one attached hydrogen (secondary N) is 1. The molecule has 0 saturated carbocycles. The molecule has 0 aromatic heterocycles. The topological polar surface area (TPSA) is 67.6 Å². The average Bonchev–Trinajstić information content (AvgIpc) is 2.34. The van der Waals surface area contributed by atoms with E-state index in [2.05, 4.69) is 10.2 Å². The van der Waals surface area contributed by atoms with E-state index in [0.717, 1.165) is 25.2 Å². The number of hydrogen-bond acceptors (Lipinski definition) is 5. The van der Waals surface area contributed by atoms with Gasteiger partial charge in [-0.2, -0.15) is 0 Å². The minimum atomic E-state index is -0.441. The van der Waals surface area contributed by atoms with Crippen LogP contribution in [0, 0.1) is 10.1 Å². The summed E-state index contributed by atoms with van der Waals surface area (Å²) in [5, 5.41) is 14.0. The Hall–Kier alpha value is -1.82. The first-order valence-corrected chi connectivity index (χ1v) is 5.75. The second-order valence-corrected chi connectivity index (χ2v) is 4.23. The lowest BCUT2D eigenvalue weighted by atomic mass is 10.2. The summed E-state index contributed by atoms with van der Waals surface area (Å²) in [4.78, 5) is 12.5. The van der Waals surface area contributed by atoms with Crippen molar-refractivity contribution in [3.8, 4) is 5.75 Å². The molecule has 0 aliphatic heterocycles. The van der Waals surface area contributed by atoms with E-state index in [4.69, 9.17) is 4.74 Å². The number of nitrogens with zero attached hydrogens (tertiary/aromatic N) is 2. The lowest BCUT2D eigenvalue weighted by Crippen LogP contribution is -2.16. The van der Waals surface area contributed by atoms with Crippen LogP contribution in [0.1, 0.15) is 6.42 Å². The van der Waals surface area contributed by atoms with Gasteiger partial charge in [-0.3, -0.25) is 10.1 Å². The number of methoxy groups -OCH3 is 1. The molecule has 0 heterocycles. The highest BCUT2D eigenvalue weighted by Crippen LogP contribution is 2.29. The van der Waals surface area contributed by atoms with Crippen molar-refractivity contribution >= 4 is 11.4 Å². The van der Waals surface area contributed by atoms with Crippen LogP contribution in [0.4, 0.5) is 11.4 Å². The van der Waals surface area contributed by atoms with Gasteiger partial charge in [-0.1, -0.05) is 0 Å². The Bertz CT molecular complexity index is 408. The molecule has 1 aromatic carbocycles. The highest BCUT2D eigenvalue weighted by atomic mass is 16.6. The summed E-state index contributed by atoms with van der Waals surface area (Å²) in [7, 11) is 5.45. The fraction of sp³-hybridized carbons (Fsp3) is 0.500. The Morgan fingerprint density at radius 1 is 1.44 bits per heavy atom. The molecule has 1 rings (SSSR count). The zero-order valence-electron chi connectivity index (χ0n) is 11.0. The fourth-order valence-electron chi connectivity index (χ4n) is 1.57. The van der Waals surface area contributed by atoms with E-state index >= 15 is 0 Å². The molecule has 0 spiro atoms. The van der Waals surface area contributed by atoms with Gasteiger partial charge < -0.3 is 15.0 Å².